The van der Waals surface area contributed by atoms with E-state index in [9.17, 15) is 5.11 Å². The van der Waals surface area contributed by atoms with E-state index >= 15 is 0 Å². The molecule has 2 heterocycles. The zero-order valence-corrected chi connectivity index (χ0v) is 13.2. The van der Waals surface area contributed by atoms with E-state index in [1.54, 1.807) is 12.3 Å². The van der Waals surface area contributed by atoms with Gasteiger partial charge in [0.2, 0.25) is 5.95 Å². The van der Waals surface area contributed by atoms with Crippen molar-refractivity contribution in [3.05, 3.63) is 66.4 Å². The third-order valence-corrected chi connectivity index (χ3v) is 4.17. The topological polar surface area (TPSA) is 61.3 Å². The summed E-state index contributed by atoms with van der Waals surface area (Å²) in [6.45, 7) is 0.873. The van der Waals surface area contributed by atoms with Crippen LogP contribution in [-0.2, 0) is 6.42 Å². The minimum Gasteiger partial charge on any atom is -0.508 e. The molecule has 5 nitrogen and oxygen atoms in total. The Balaban J connectivity index is 1.67. The Morgan fingerprint density at radius 3 is 2.75 bits per heavy atom. The fourth-order valence-corrected chi connectivity index (χ4v) is 3.05. The molecule has 24 heavy (non-hydrogen) atoms. The molecule has 120 valence electrons. The van der Waals surface area contributed by atoms with Crippen molar-refractivity contribution in [3.8, 4) is 5.75 Å². The smallest absolute Gasteiger partial charge is 0.229 e. The van der Waals surface area contributed by atoms with Crippen LogP contribution in [-0.4, -0.2) is 21.6 Å². The molecule has 0 unspecified atom stereocenters. The lowest BCUT2D eigenvalue weighted by Crippen LogP contribution is -2.25. The van der Waals surface area contributed by atoms with E-state index in [2.05, 4.69) is 20.2 Å². The fourth-order valence-electron chi connectivity index (χ4n) is 3.05. The van der Waals surface area contributed by atoms with Gasteiger partial charge >= 0.3 is 0 Å². The van der Waals surface area contributed by atoms with Gasteiger partial charge in [0.15, 0.2) is 0 Å². The number of phenols is 1. The number of hydrogen-bond donors (Lipinski definition) is 2. The zero-order chi connectivity index (χ0) is 16.4. The molecule has 4 rings (SSSR count). The highest BCUT2D eigenvalue weighted by Crippen LogP contribution is 2.37. The van der Waals surface area contributed by atoms with Crippen LogP contribution in [0.5, 0.6) is 5.75 Å². The molecule has 2 aromatic carbocycles. The zero-order valence-electron chi connectivity index (χ0n) is 13.2. The van der Waals surface area contributed by atoms with Gasteiger partial charge in [-0.1, -0.05) is 24.3 Å². The molecule has 0 saturated heterocycles. The summed E-state index contributed by atoms with van der Waals surface area (Å²) in [5, 5.41) is 13.3. The minimum atomic E-state index is 0.355. The number of nitrogens with one attached hydrogen (secondary N) is 1. The second kappa shape index (κ2) is 6.20. The van der Waals surface area contributed by atoms with Gasteiger partial charge in [0.05, 0.1) is 0 Å². The number of anilines is 4. The lowest BCUT2D eigenvalue weighted by Gasteiger charge is -2.30. The van der Waals surface area contributed by atoms with Gasteiger partial charge in [-0.3, -0.25) is 0 Å². The molecule has 0 atom stereocenters. The highest BCUT2D eigenvalue weighted by molar-refractivity contribution is 5.69. The monoisotopic (exact) mass is 318 g/mol. The van der Waals surface area contributed by atoms with E-state index in [4.69, 9.17) is 0 Å². The van der Waals surface area contributed by atoms with Crippen molar-refractivity contribution in [1.29, 1.82) is 0 Å². The van der Waals surface area contributed by atoms with Crippen LogP contribution in [0.25, 0.3) is 0 Å². The summed E-state index contributed by atoms with van der Waals surface area (Å²) in [4.78, 5) is 11.1. The van der Waals surface area contributed by atoms with Gasteiger partial charge in [0.25, 0.3) is 0 Å². The maximum atomic E-state index is 10.1. The van der Waals surface area contributed by atoms with Crippen LogP contribution in [0.15, 0.2) is 60.8 Å². The van der Waals surface area contributed by atoms with E-state index in [1.165, 1.54) is 0 Å². The molecule has 1 aliphatic rings. The first kappa shape index (κ1) is 14.5. The first-order chi connectivity index (χ1) is 11.8. The maximum Gasteiger partial charge on any atom is 0.229 e. The Labute approximate surface area is 140 Å². The molecule has 0 bridgehead atoms. The number of aromatic nitrogens is 2. The highest BCUT2D eigenvalue weighted by atomic mass is 16.3. The summed E-state index contributed by atoms with van der Waals surface area (Å²) in [6.07, 6.45) is 3.62. The summed E-state index contributed by atoms with van der Waals surface area (Å²) < 4.78 is 0. The van der Waals surface area contributed by atoms with Gasteiger partial charge in [-0.05, 0) is 43.2 Å². The average molecular weight is 318 g/mol. The molecule has 0 amide bonds. The van der Waals surface area contributed by atoms with Gasteiger partial charge in [-0.15, -0.1) is 0 Å². The van der Waals surface area contributed by atoms with E-state index in [0.29, 0.717) is 11.7 Å². The van der Waals surface area contributed by atoms with Crippen molar-refractivity contribution >= 4 is 23.1 Å². The molecule has 1 aliphatic heterocycles. The van der Waals surface area contributed by atoms with Crippen molar-refractivity contribution in [2.45, 2.75) is 12.8 Å². The molecular formula is C19H18N4O. The second-order valence-electron chi connectivity index (χ2n) is 5.76. The average Bonchev–Trinajstić information content (AvgIpc) is 2.63. The number of hydrogen-bond acceptors (Lipinski definition) is 5. The van der Waals surface area contributed by atoms with Crippen molar-refractivity contribution in [2.24, 2.45) is 0 Å². The van der Waals surface area contributed by atoms with Gasteiger partial charge in [-0.2, -0.15) is 4.98 Å². The predicted molar refractivity (Wildman–Crippen MR) is 95.2 cm³/mol. The van der Waals surface area contributed by atoms with Crippen LogP contribution < -0.4 is 10.2 Å². The standard InChI is InChI=1S/C19H18N4O/c24-17-10-4-9-16-15(17)8-5-13-23(16)18-11-12-20-19(22-18)21-14-6-2-1-3-7-14/h1-4,6-7,9-12,24H,5,8,13H2,(H,20,21,22). The SMILES string of the molecule is Oc1cccc2c1CCCN2c1ccnc(Nc2ccccc2)n1. The number of phenolic OH excluding ortho intramolecular Hbond substituents is 1. The summed E-state index contributed by atoms with van der Waals surface area (Å²) in [5.41, 5.74) is 2.96. The Bertz CT molecular complexity index is 851. The van der Waals surface area contributed by atoms with E-state index in [-0.39, 0.29) is 0 Å². The number of nitrogens with zero attached hydrogens (tertiary/aromatic N) is 3. The number of aromatic hydroxyl groups is 1. The number of benzene rings is 2. The van der Waals surface area contributed by atoms with Crippen molar-refractivity contribution < 1.29 is 5.11 Å². The number of para-hydroxylation sites is 1. The first-order valence-electron chi connectivity index (χ1n) is 8.05. The molecular weight excluding hydrogens is 300 g/mol. The normalized spacial score (nSPS) is 13.4. The molecule has 0 aliphatic carbocycles. The molecule has 0 saturated carbocycles. The third-order valence-electron chi connectivity index (χ3n) is 4.17. The number of rotatable bonds is 3. The first-order valence-corrected chi connectivity index (χ1v) is 8.05. The largest absolute Gasteiger partial charge is 0.508 e. The minimum absolute atomic E-state index is 0.355. The van der Waals surface area contributed by atoms with Crippen LogP contribution in [0.1, 0.15) is 12.0 Å². The number of fused-ring (bicyclic) bond motifs is 1. The molecule has 2 N–H and O–H groups in total. The van der Waals surface area contributed by atoms with Gasteiger partial charge in [0.1, 0.15) is 11.6 Å². The highest BCUT2D eigenvalue weighted by Gasteiger charge is 2.21. The molecule has 5 heteroatoms. The van der Waals surface area contributed by atoms with Gasteiger partial charge < -0.3 is 15.3 Å². The lowest BCUT2D eigenvalue weighted by molar-refractivity contribution is 0.465. The molecule has 0 spiro atoms. The van der Waals surface area contributed by atoms with Crippen molar-refractivity contribution in [1.82, 2.24) is 9.97 Å². The van der Waals surface area contributed by atoms with Crippen LogP contribution in [0.3, 0.4) is 0 Å². The summed E-state index contributed by atoms with van der Waals surface area (Å²) in [5.74, 6) is 1.75. The van der Waals surface area contributed by atoms with E-state index < -0.39 is 0 Å². The maximum absolute atomic E-state index is 10.1. The van der Waals surface area contributed by atoms with Crippen LogP contribution >= 0.6 is 0 Å². The fraction of sp³-hybridized carbons (Fsp3) is 0.158. The van der Waals surface area contributed by atoms with Crippen LogP contribution in [0, 0.1) is 0 Å². The quantitative estimate of drug-likeness (QED) is 0.764. The van der Waals surface area contributed by atoms with Crippen molar-refractivity contribution in [3.63, 3.8) is 0 Å². The summed E-state index contributed by atoms with van der Waals surface area (Å²) in [7, 11) is 0. The van der Waals surface area contributed by atoms with Crippen LogP contribution in [0.2, 0.25) is 0 Å². The van der Waals surface area contributed by atoms with Crippen LogP contribution in [0.4, 0.5) is 23.1 Å². The summed E-state index contributed by atoms with van der Waals surface area (Å²) in [6, 6.07) is 17.4. The summed E-state index contributed by atoms with van der Waals surface area (Å²) >= 11 is 0. The Morgan fingerprint density at radius 2 is 1.88 bits per heavy atom. The predicted octanol–water partition coefficient (Wildman–Crippen LogP) is 4.01. The third kappa shape index (κ3) is 2.76. The van der Waals surface area contributed by atoms with Crippen molar-refractivity contribution in [2.75, 3.05) is 16.8 Å². The second-order valence-corrected chi connectivity index (χ2v) is 5.76. The van der Waals surface area contributed by atoms with E-state index in [1.807, 2.05) is 48.5 Å². The van der Waals surface area contributed by atoms with E-state index in [0.717, 1.165) is 42.1 Å². The molecule has 3 aromatic rings. The molecule has 0 fully saturated rings. The Kier molecular flexibility index (Phi) is 3.75. The molecule has 1 aromatic heterocycles. The lowest BCUT2D eigenvalue weighted by atomic mass is 10.0. The molecule has 0 radical (unpaired) electrons. The van der Waals surface area contributed by atoms with Gasteiger partial charge in [0, 0.05) is 29.7 Å². The Morgan fingerprint density at radius 1 is 1.00 bits per heavy atom. The van der Waals surface area contributed by atoms with Gasteiger partial charge in [-0.25, -0.2) is 4.98 Å². The Hall–Kier alpha value is -3.08.